The fourth-order valence-corrected chi connectivity index (χ4v) is 4.93. The lowest BCUT2D eigenvalue weighted by atomic mass is 10.1. The van der Waals surface area contributed by atoms with Crippen LogP contribution in [0.4, 0.5) is 4.79 Å². The number of benzene rings is 2. The molecule has 0 spiro atoms. The van der Waals surface area contributed by atoms with E-state index in [-0.39, 0.29) is 13.0 Å². The highest BCUT2D eigenvalue weighted by molar-refractivity contribution is 7.59. The Hall–Kier alpha value is -2.10. The summed E-state index contributed by atoms with van der Waals surface area (Å²) in [5.74, 6) is -0.884. The molecule has 6 heteroatoms. The van der Waals surface area contributed by atoms with Crippen molar-refractivity contribution in [2.24, 2.45) is 0 Å². The Morgan fingerprint density at radius 3 is 2.21 bits per heavy atom. The second kappa shape index (κ2) is 11.0. The maximum Gasteiger partial charge on any atom is 0.408 e. The van der Waals surface area contributed by atoms with Crippen LogP contribution >= 0.6 is 7.37 Å². The molecule has 2 aromatic carbocycles. The van der Waals surface area contributed by atoms with Crippen LogP contribution in [0.15, 0.2) is 60.7 Å². The van der Waals surface area contributed by atoms with Crippen LogP contribution in [0.25, 0.3) is 0 Å². The fraction of sp³-hybridized carbons (Fsp3) is 0.409. The highest BCUT2D eigenvalue weighted by Crippen LogP contribution is 2.52. The number of carbonyl (C=O) groups excluding carboxylic acids is 1. The molecule has 0 fully saturated rings. The van der Waals surface area contributed by atoms with Crippen molar-refractivity contribution in [2.75, 3.05) is 0 Å². The Bertz CT molecular complexity index is 767. The third kappa shape index (κ3) is 6.81. The van der Waals surface area contributed by atoms with Crippen LogP contribution in [0.1, 0.15) is 44.2 Å². The summed E-state index contributed by atoms with van der Waals surface area (Å²) in [5, 5.41) is 2.66. The molecule has 1 amide bonds. The maximum atomic E-state index is 13.2. The second-order valence-electron chi connectivity index (χ2n) is 7.08. The SMILES string of the molecule is CCCCC(C)P(=O)(O)C(Cc1ccccc1)NC(=O)OCc1ccccc1. The first-order chi connectivity index (χ1) is 13.4. The van der Waals surface area contributed by atoms with Crippen LogP contribution in [0.5, 0.6) is 0 Å². The molecule has 3 unspecified atom stereocenters. The predicted octanol–water partition coefficient (Wildman–Crippen LogP) is 5.33. The molecule has 0 saturated heterocycles. The third-order valence-corrected chi connectivity index (χ3v) is 7.55. The average molecular weight is 403 g/mol. The molecule has 0 bridgehead atoms. The number of amides is 1. The fourth-order valence-electron chi connectivity index (χ4n) is 3.00. The molecule has 28 heavy (non-hydrogen) atoms. The van der Waals surface area contributed by atoms with Gasteiger partial charge < -0.3 is 14.9 Å². The van der Waals surface area contributed by atoms with Crippen LogP contribution < -0.4 is 5.32 Å². The third-order valence-electron chi connectivity index (χ3n) is 4.82. The van der Waals surface area contributed by atoms with E-state index in [1.165, 1.54) is 0 Å². The highest BCUT2D eigenvalue weighted by atomic mass is 31.2. The molecular weight excluding hydrogens is 373 g/mol. The molecule has 0 aliphatic heterocycles. The van der Waals surface area contributed by atoms with Gasteiger partial charge in [-0.1, -0.05) is 87.4 Å². The lowest BCUT2D eigenvalue weighted by molar-refractivity contribution is 0.137. The van der Waals surface area contributed by atoms with Crippen molar-refractivity contribution in [3.63, 3.8) is 0 Å². The lowest BCUT2D eigenvalue weighted by Gasteiger charge is -2.28. The van der Waals surface area contributed by atoms with E-state index < -0.39 is 24.9 Å². The molecule has 152 valence electrons. The van der Waals surface area contributed by atoms with Crippen molar-refractivity contribution in [1.29, 1.82) is 0 Å². The molecule has 3 atom stereocenters. The van der Waals surface area contributed by atoms with E-state index in [1.54, 1.807) is 6.92 Å². The van der Waals surface area contributed by atoms with E-state index in [0.717, 1.165) is 24.0 Å². The summed E-state index contributed by atoms with van der Waals surface area (Å²) in [6.07, 6.45) is 2.09. The predicted molar refractivity (Wildman–Crippen MR) is 113 cm³/mol. The minimum atomic E-state index is -3.65. The second-order valence-corrected chi connectivity index (χ2v) is 9.93. The Labute approximate surface area is 167 Å². The van der Waals surface area contributed by atoms with Crippen LogP contribution in [-0.2, 0) is 22.3 Å². The van der Waals surface area contributed by atoms with Gasteiger partial charge in [-0.05, 0) is 17.5 Å². The smallest absolute Gasteiger partial charge is 0.408 e. The van der Waals surface area contributed by atoms with Crippen molar-refractivity contribution in [1.82, 2.24) is 5.32 Å². The van der Waals surface area contributed by atoms with Crippen molar-refractivity contribution >= 4 is 13.5 Å². The molecule has 0 aliphatic rings. The van der Waals surface area contributed by atoms with Gasteiger partial charge in [0, 0.05) is 12.1 Å². The molecule has 0 aromatic heterocycles. The Kier molecular flexibility index (Phi) is 8.75. The summed E-state index contributed by atoms with van der Waals surface area (Å²) in [7, 11) is -3.65. The number of rotatable bonds is 10. The van der Waals surface area contributed by atoms with Crippen LogP contribution in [0.2, 0.25) is 0 Å². The minimum Gasteiger partial charge on any atom is -0.445 e. The quantitative estimate of drug-likeness (QED) is 0.526. The summed E-state index contributed by atoms with van der Waals surface area (Å²) in [4.78, 5) is 23.2. The van der Waals surface area contributed by atoms with Crippen molar-refractivity contribution in [3.8, 4) is 0 Å². The van der Waals surface area contributed by atoms with Crippen LogP contribution in [0.3, 0.4) is 0 Å². The van der Waals surface area contributed by atoms with Gasteiger partial charge in [0.15, 0.2) is 0 Å². The van der Waals surface area contributed by atoms with Crippen LogP contribution in [-0.4, -0.2) is 22.4 Å². The summed E-state index contributed by atoms with van der Waals surface area (Å²) < 4.78 is 18.5. The number of hydrogen-bond donors (Lipinski definition) is 2. The van der Waals surface area contributed by atoms with Gasteiger partial charge in [0.05, 0.1) is 0 Å². The number of carbonyl (C=O) groups is 1. The molecule has 2 aromatic rings. The Balaban J connectivity index is 2.08. The summed E-state index contributed by atoms with van der Waals surface area (Å²) in [6.45, 7) is 3.95. The largest absolute Gasteiger partial charge is 0.445 e. The standard InChI is InChI=1S/C22H30NO4P/c1-3-4-11-18(2)28(25,26)21(16-19-12-7-5-8-13-19)23-22(24)27-17-20-14-9-6-10-15-20/h5-10,12-15,18,21H,3-4,11,16-17H2,1-2H3,(H,23,24)(H,25,26). The number of hydrogen-bond acceptors (Lipinski definition) is 3. The van der Waals surface area contributed by atoms with E-state index in [4.69, 9.17) is 4.74 Å². The van der Waals surface area contributed by atoms with Gasteiger partial charge in [-0.3, -0.25) is 4.57 Å². The molecule has 5 nitrogen and oxygen atoms in total. The zero-order valence-electron chi connectivity index (χ0n) is 16.6. The first-order valence-corrected chi connectivity index (χ1v) is 11.6. The maximum absolute atomic E-state index is 13.2. The monoisotopic (exact) mass is 403 g/mol. The molecule has 2 N–H and O–H groups in total. The molecule has 0 heterocycles. The van der Waals surface area contributed by atoms with E-state index in [9.17, 15) is 14.3 Å². The van der Waals surface area contributed by atoms with E-state index in [1.807, 2.05) is 60.7 Å². The normalized spacial score (nSPS) is 15.2. The van der Waals surface area contributed by atoms with Gasteiger partial charge in [-0.25, -0.2) is 4.79 Å². The first-order valence-electron chi connectivity index (χ1n) is 9.76. The summed E-state index contributed by atoms with van der Waals surface area (Å²) in [5.41, 5.74) is 1.36. The lowest BCUT2D eigenvalue weighted by Crippen LogP contribution is -2.38. The number of unbranched alkanes of at least 4 members (excludes halogenated alkanes) is 1. The van der Waals surface area contributed by atoms with Crippen LogP contribution in [0, 0.1) is 0 Å². The van der Waals surface area contributed by atoms with Gasteiger partial charge in [0.2, 0.25) is 7.37 Å². The topological polar surface area (TPSA) is 75.6 Å². The molecule has 0 saturated carbocycles. The Morgan fingerprint density at radius 2 is 1.64 bits per heavy atom. The zero-order valence-corrected chi connectivity index (χ0v) is 17.5. The van der Waals surface area contributed by atoms with Gasteiger partial charge in [-0.2, -0.15) is 0 Å². The average Bonchev–Trinajstić information content (AvgIpc) is 2.71. The van der Waals surface area contributed by atoms with E-state index >= 15 is 0 Å². The summed E-state index contributed by atoms with van der Waals surface area (Å²) in [6, 6.07) is 18.8. The van der Waals surface area contributed by atoms with Gasteiger partial charge in [0.1, 0.15) is 12.4 Å². The molecular formula is C22H30NO4P. The van der Waals surface area contributed by atoms with Gasteiger partial charge in [-0.15, -0.1) is 0 Å². The first kappa shape index (κ1) is 22.2. The van der Waals surface area contributed by atoms with Gasteiger partial charge >= 0.3 is 6.09 Å². The number of nitrogens with one attached hydrogen (secondary N) is 1. The summed E-state index contributed by atoms with van der Waals surface area (Å²) >= 11 is 0. The molecule has 2 rings (SSSR count). The van der Waals surface area contributed by atoms with Gasteiger partial charge in [0.25, 0.3) is 0 Å². The molecule has 0 radical (unpaired) electrons. The highest BCUT2D eigenvalue weighted by Gasteiger charge is 2.37. The minimum absolute atomic E-state index is 0.117. The Morgan fingerprint density at radius 1 is 1.07 bits per heavy atom. The van der Waals surface area contributed by atoms with E-state index in [2.05, 4.69) is 12.2 Å². The van der Waals surface area contributed by atoms with Crippen molar-refractivity contribution in [2.45, 2.75) is 57.6 Å². The molecule has 0 aliphatic carbocycles. The van der Waals surface area contributed by atoms with Crippen molar-refractivity contribution in [3.05, 3.63) is 71.8 Å². The van der Waals surface area contributed by atoms with E-state index in [0.29, 0.717) is 6.42 Å². The zero-order chi connectivity index (χ0) is 20.4. The number of ether oxygens (including phenoxy) is 1. The van der Waals surface area contributed by atoms with Crippen molar-refractivity contribution < 1.29 is 19.0 Å². The number of alkyl carbamates (subject to hydrolysis) is 1.